The Hall–Kier alpha value is -1.46. The van der Waals surface area contributed by atoms with E-state index in [0.29, 0.717) is 22.6 Å². The van der Waals surface area contributed by atoms with Crippen molar-refractivity contribution < 1.29 is 4.74 Å². The molecule has 0 amide bonds. The van der Waals surface area contributed by atoms with Crippen molar-refractivity contribution in [2.24, 2.45) is 0 Å². The Balaban J connectivity index is 2.33. The molecule has 0 bridgehead atoms. The first-order valence-electron chi connectivity index (χ1n) is 5.62. The van der Waals surface area contributed by atoms with Crippen molar-refractivity contribution in [3.05, 3.63) is 34.3 Å². The molecule has 0 atom stereocenters. The number of anilines is 1. The SMILES string of the molecule is CSc1nc(N)cc(Oc2cc(C)c(Cl)c(C)c2)n1. The Bertz CT molecular complexity index is 596. The molecule has 2 N–H and O–H groups in total. The van der Waals surface area contributed by atoms with E-state index in [9.17, 15) is 0 Å². The maximum Gasteiger partial charge on any atom is 0.225 e. The van der Waals surface area contributed by atoms with Crippen molar-refractivity contribution in [2.75, 3.05) is 12.0 Å². The first-order valence-corrected chi connectivity index (χ1v) is 7.23. The van der Waals surface area contributed by atoms with Crippen LogP contribution in [0.1, 0.15) is 11.1 Å². The van der Waals surface area contributed by atoms with Crippen LogP contribution < -0.4 is 10.5 Å². The number of benzene rings is 1. The van der Waals surface area contributed by atoms with Gasteiger partial charge < -0.3 is 10.5 Å². The van der Waals surface area contributed by atoms with Crippen LogP contribution in [-0.4, -0.2) is 16.2 Å². The number of aromatic nitrogens is 2. The highest BCUT2D eigenvalue weighted by Crippen LogP contribution is 2.29. The molecule has 100 valence electrons. The summed E-state index contributed by atoms with van der Waals surface area (Å²) in [5.41, 5.74) is 7.63. The molecule has 1 aromatic carbocycles. The largest absolute Gasteiger partial charge is 0.439 e. The predicted molar refractivity (Wildman–Crippen MR) is 79.2 cm³/mol. The highest BCUT2D eigenvalue weighted by atomic mass is 35.5. The van der Waals surface area contributed by atoms with Gasteiger partial charge in [-0.2, -0.15) is 4.98 Å². The fourth-order valence-corrected chi connectivity index (χ4v) is 2.14. The summed E-state index contributed by atoms with van der Waals surface area (Å²) in [6.07, 6.45) is 1.88. The quantitative estimate of drug-likeness (QED) is 0.688. The Kier molecular flexibility index (Phi) is 4.17. The standard InChI is InChI=1S/C13H14ClN3OS/c1-7-4-9(5-8(2)12(7)14)18-11-6-10(15)16-13(17-11)19-3/h4-6H,1-3H3,(H2,15,16,17). The summed E-state index contributed by atoms with van der Waals surface area (Å²) < 4.78 is 5.72. The lowest BCUT2D eigenvalue weighted by molar-refractivity contribution is 0.455. The summed E-state index contributed by atoms with van der Waals surface area (Å²) in [6, 6.07) is 5.33. The second-order valence-corrected chi connectivity index (χ2v) is 5.24. The van der Waals surface area contributed by atoms with Crippen LogP contribution in [0.3, 0.4) is 0 Å². The molecule has 0 aliphatic rings. The van der Waals surface area contributed by atoms with Crippen molar-refractivity contribution in [3.63, 3.8) is 0 Å². The van der Waals surface area contributed by atoms with Crippen LogP contribution in [0.2, 0.25) is 5.02 Å². The first-order chi connectivity index (χ1) is 8.99. The lowest BCUT2D eigenvalue weighted by Gasteiger charge is -2.09. The number of hydrogen-bond donors (Lipinski definition) is 1. The van der Waals surface area contributed by atoms with Crippen LogP contribution in [0.4, 0.5) is 5.82 Å². The number of nitrogens with two attached hydrogens (primary N) is 1. The van der Waals surface area contributed by atoms with Gasteiger partial charge in [0.1, 0.15) is 11.6 Å². The second-order valence-electron chi connectivity index (χ2n) is 4.09. The molecule has 0 unspecified atom stereocenters. The number of rotatable bonds is 3. The Morgan fingerprint density at radius 2 is 1.79 bits per heavy atom. The van der Waals surface area contributed by atoms with Crippen LogP contribution in [0.15, 0.2) is 23.4 Å². The van der Waals surface area contributed by atoms with E-state index >= 15 is 0 Å². The van der Waals surface area contributed by atoms with Gasteiger partial charge in [-0.05, 0) is 43.4 Å². The smallest absolute Gasteiger partial charge is 0.225 e. The summed E-state index contributed by atoms with van der Waals surface area (Å²) in [4.78, 5) is 8.32. The number of aryl methyl sites for hydroxylation is 2. The van der Waals surface area contributed by atoms with Crippen molar-refractivity contribution in [2.45, 2.75) is 19.0 Å². The van der Waals surface area contributed by atoms with Crippen LogP contribution in [0.5, 0.6) is 11.6 Å². The molecule has 6 heteroatoms. The predicted octanol–water partition coefficient (Wildman–Crippen LogP) is 3.84. The normalized spacial score (nSPS) is 10.5. The molecule has 0 saturated carbocycles. The minimum Gasteiger partial charge on any atom is -0.439 e. The molecule has 0 saturated heterocycles. The topological polar surface area (TPSA) is 61.0 Å². The summed E-state index contributed by atoms with van der Waals surface area (Å²) in [6.45, 7) is 3.87. The molecule has 4 nitrogen and oxygen atoms in total. The van der Waals surface area contributed by atoms with E-state index in [1.54, 1.807) is 6.07 Å². The monoisotopic (exact) mass is 295 g/mol. The molecule has 1 aromatic heterocycles. The third-order valence-electron chi connectivity index (χ3n) is 2.52. The third-order valence-corrected chi connectivity index (χ3v) is 3.66. The van der Waals surface area contributed by atoms with E-state index in [4.69, 9.17) is 22.1 Å². The van der Waals surface area contributed by atoms with Crippen LogP contribution in [0, 0.1) is 13.8 Å². The Morgan fingerprint density at radius 3 is 2.37 bits per heavy atom. The van der Waals surface area contributed by atoms with Gasteiger partial charge in [-0.1, -0.05) is 23.4 Å². The summed E-state index contributed by atoms with van der Waals surface area (Å²) in [7, 11) is 0. The number of nitrogen functional groups attached to an aromatic ring is 1. The Morgan fingerprint density at radius 1 is 1.16 bits per heavy atom. The molecule has 19 heavy (non-hydrogen) atoms. The van der Waals surface area contributed by atoms with Crippen LogP contribution in [-0.2, 0) is 0 Å². The summed E-state index contributed by atoms with van der Waals surface area (Å²) >= 11 is 7.53. The van der Waals surface area contributed by atoms with Gasteiger partial charge >= 0.3 is 0 Å². The van der Waals surface area contributed by atoms with Gasteiger partial charge in [0.2, 0.25) is 5.88 Å². The zero-order valence-electron chi connectivity index (χ0n) is 10.9. The molecule has 0 radical (unpaired) electrons. The second kappa shape index (κ2) is 5.67. The fourth-order valence-electron chi connectivity index (χ4n) is 1.65. The average molecular weight is 296 g/mol. The molecule has 0 aliphatic carbocycles. The zero-order valence-corrected chi connectivity index (χ0v) is 12.5. The zero-order chi connectivity index (χ0) is 14.0. The number of hydrogen-bond acceptors (Lipinski definition) is 5. The first kappa shape index (κ1) is 14.0. The molecule has 2 rings (SSSR count). The molecule has 0 spiro atoms. The summed E-state index contributed by atoms with van der Waals surface area (Å²) in [5, 5.41) is 1.33. The van der Waals surface area contributed by atoms with Crippen molar-refractivity contribution in [1.29, 1.82) is 0 Å². The molecular formula is C13H14ClN3OS. The average Bonchev–Trinajstić information content (AvgIpc) is 2.35. The van der Waals surface area contributed by atoms with E-state index in [1.807, 2.05) is 32.2 Å². The lowest BCUT2D eigenvalue weighted by Crippen LogP contribution is -1.97. The highest BCUT2D eigenvalue weighted by Gasteiger charge is 2.07. The van der Waals surface area contributed by atoms with Crippen molar-refractivity contribution in [3.8, 4) is 11.6 Å². The van der Waals surface area contributed by atoms with Gasteiger partial charge in [0, 0.05) is 11.1 Å². The maximum atomic E-state index is 6.12. The number of thioether (sulfide) groups is 1. The van der Waals surface area contributed by atoms with E-state index < -0.39 is 0 Å². The number of ether oxygens (including phenoxy) is 1. The van der Waals surface area contributed by atoms with Crippen LogP contribution in [0.25, 0.3) is 0 Å². The minimum atomic E-state index is 0.386. The van der Waals surface area contributed by atoms with E-state index in [-0.39, 0.29) is 0 Å². The molecular weight excluding hydrogens is 282 g/mol. The fraction of sp³-hybridized carbons (Fsp3) is 0.231. The van der Waals surface area contributed by atoms with E-state index in [2.05, 4.69) is 9.97 Å². The molecule has 0 fully saturated rings. The maximum absolute atomic E-state index is 6.12. The van der Waals surface area contributed by atoms with Gasteiger partial charge in [-0.15, -0.1) is 0 Å². The highest BCUT2D eigenvalue weighted by molar-refractivity contribution is 7.98. The Labute approximate surface area is 121 Å². The van der Waals surface area contributed by atoms with Gasteiger partial charge in [0.25, 0.3) is 0 Å². The third kappa shape index (κ3) is 3.30. The summed E-state index contributed by atoms with van der Waals surface area (Å²) in [5.74, 6) is 1.50. The van der Waals surface area contributed by atoms with E-state index in [1.165, 1.54) is 11.8 Å². The number of halogens is 1. The molecule has 0 aliphatic heterocycles. The van der Waals surface area contributed by atoms with Gasteiger partial charge in [-0.3, -0.25) is 0 Å². The van der Waals surface area contributed by atoms with Crippen molar-refractivity contribution >= 4 is 29.2 Å². The number of nitrogens with zero attached hydrogens (tertiary/aromatic N) is 2. The van der Waals surface area contributed by atoms with Crippen molar-refractivity contribution in [1.82, 2.24) is 9.97 Å². The van der Waals surface area contributed by atoms with Crippen LogP contribution >= 0.6 is 23.4 Å². The van der Waals surface area contributed by atoms with Gasteiger partial charge in [0.15, 0.2) is 5.16 Å². The van der Waals surface area contributed by atoms with Gasteiger partial charge in [0.05, 0.1) is 0 Å². The van der Waals surface area contributed by atoms with Gasteiger partial charge in [-0.25, -0.2) is 4.98 Å². The molecule has 1 heterocycles. The molecule has 2 aromatic rings. The minimum absolute atomic E-state index is 0.386. The van der Waals surface area contributed by atoms with E-state index in [0.717, 1.165) is 16.1 Å². The lowest BCUT2D eigenvalue weighted by atomic mass is 10.1.